The van der Waals surface area contributed by atoms with Crippen molar-refractivity contribution in [2.45, 2.75) is 19.9 Å². The van der Waals surface area contributed by atoms with E-state index in [0.29, 0.717) is 10.8 Å². The molecule has 1 amide bonds. The molecular formula is C21H21ClIN3O5. The SMILES string of the molecule is CC(C)[C@@H](Nc1c(N(I)c2cccc(C(=O)N(C)C)c2O)c(=O)c1=O)c1cc(Cl)co1. The number of carbonyl (C=O) groups excluding carboxylic acids is 1. The smallest absolute Gasteiger partial charge is 0.257 e. The number of amides is 1. The summed E-state index contributed by atoms with van der Waals surface area (Å²) in [6.07, 6.45) is 1.40. The lowest BCUT2D eigenvalue weighted by Crippen LogP contribution is -2.39. The number of nitrogens with zero attached hydrogens (tertiary/aromatic N) is 2. The molecule has 3 aromatic rings. The maximum Gasteiger partial charge on any atom is 0.257 e. The van der Waals surface area contributed by atoms with Crippen LogP contribution < -0.4 is 19.3 Å². The van der Waals surface area contributed by atoms with Crippen molar-refractivity contribution in [3.05, 3.63) is 67.3 Å². The molecule has 164 valence electrons. The molecule has 0 spiro atoms. The molecule has 10 heteroatoms. The van der Waals surface area contributed by atoms with Crippen LogP contribution in [0.15, 0.2) is 44.5 Å². The number of phenols is 1. The van der Waals surface area contributed by atoms with Crippen molar-refractivity contribution in [3.63, 3.8) is 0 Å². The first-order valence-electron chi connectivity index (χ1n) is 9.37. The highest BCUT2D eigenvalue weighted by atomic mass is 127. The zero-order valence-corrected chi connectivity index (χ0v) is 20.2. The number of nitrogens with one attached hydrogen (secondary N) is 1. The van der Waals surface area contributed by atoms with Gasteiger partial charge < -0.3 is 19.7 Å². The van der Waals surface area contributed by atoms with E-state index in [0.717, 1.165) is 0 Å². The Bertz CT molecular complexity index is 1200. The van der Waals surface area contributed by atoms with Crippen LogP contribution in [0.3, 0.4) is 0 Å². The molecule has 0 radical (unpaired) electrons. The second kappa shape index (κ2) is 8.91. The number of hydrogen-bond acceptors (Lipinski definition) is 7. The average molecular weight is 558 g/mol. The molecule has 0 unspecified atom stereocenters. The quantitative estimate of drug-likeness (QED) is 0.255. The van der Waals surface area contributed by atoms with Crippen molar-refractivity contribution in [1.29, 1.82) is 0 Å². The Morgan fingerprint density at radius 2 is 1.90 bits per heavy atom. The lowest BCUT2D eigenvalue weighted by molar-refractivity contribution is 0.0824. The highest BCUT2D eigenvalue weighted by molar-refractivity contribution is 14.1. The minimum atomic E-state index is -0.694. The Morgan fingerprint density at radius 1 is 1.23 bits per heavy atom. The van der Waals surface area contributed by atoms with Crippen molar-refractivity contribution in [2.24, 2.45) is 5.92 Å². The van der Waals surface area contributed by atoms with Gasteiger partial charge in [0.1, 0.15) is 23.4 Å². The lowest BCUT2D eigenvalue weighted by Gasteiger charge is -2.27. The molecular weight excluding hydrogens is 537 g/mol. The first-order chi connectivity index (χ1) is 14.5. The van der Waals surface area contributed by atoms with Crippen molar-refractivity contribution in [2.75, 3.05) is 22.5 Å². The lowest BCUT2D eigenvalue weighted by atomic mass is 10.0. The van der Waals surface area contributed by atoms with Crippen molar-refractivity contribution in [1.82, 2.24) is 4.90 Å². The van der Waals surface area contributed by atoms with Gasteiger partial charge in [0.2, 0.25) is 0 Å². The van der Waals surface area contributed by atoms with E-state index in [9.17, 15) is 19.5 Å². The molecule has 3 rings (SSSR count). The van der Waals surface area contributed by atoms with Gasteiger partial charge in [0.15, 0.2) is 5.75 Å². The largest absolute Gasteiger partial charge is 0.505 e. The summed E-state index contributed by atoms with van der Waals surface area (Å²) in [6.45, 7) is 3.87. The van der Waals surface area contributed by atoms with Gasteiger partial charge in [-0.1, -0.05) is 31.5 Å². The van der Waals surface area contributed by atoms with E-state index in [1.165, 1.54) is 20.3 Å². The fraction of sp³-hybridized carbons (Fsp3) is 0.286. The summed E-state index contributed by atoms with van der Waals surface area (Å²) in [5.41, 5.74) is -0.873. The molecule has 1 aromatic heterocycles. The fourth-order valence-electron chi connectivity index (χ4n) is 3.14. The standard InChI is InChI=1S/C21H21ClIN3O5/c1-10(2)15(14-8-11(22)9-31-14)24-16-17(20(29)19(16)28)26(23)13-7-5-6-12(18(13)27)21(30)25(3)4/h5-10,15,24,27H,1-4H3/t15-/m1/s1. The highest BCUT2D eigenvalue weighted by Crippen LogP contribution is 2.41. The number of para-hydroxylation sites is 1. The van der Waals surface area contributed by atoms with Crippen LogP contribution >= 0.6 is 34.5 Å². The summed E-state index contributed by atoms with van der Waals surface area (Å²) >= 11 is 7.79. The van der Waals surface area contributed by atoms with Gasteiger partial charge in [0, 0.05) is 20.2 Å². The van der Waals surface area contributed by atoms with E-state index in [-0.39, 0.29) is 40.2 Å². The summed E-state index contributed by atoms with van der Waals surface area (Å²) < 4.78 is 6.85. The van der Waals surface area contributed by atoms with Crippen LogP contribution in [0.4, 0.5) is 17.1 Å². The molecule has 0 aliphatic rings. The molecule has 0 saturated heterocycles. The summed E-state index contributed by atoms with van der Waals surface area (Å²) in [5, 5.41) is 14.2. The van der Waals surface area contributed by atoms with Gasteiger partial charge in [0.25, 0.3) is 16.8 Å². The Labute approximate surface area is 197 Å². The second-order valence-corrected chi connectivity index (χ2v) is 8.97. The van der Waals surface area contributed by atoms with E-state index in [4.69, 9.17) is 16.0 Å². The van der Waals surface area contributed by atoms with Gasteiger partial charge in [-0.25, -0.2) is 0 Å². The Hall–Kier alpha value is -2.53. The minimum absolute atomic E-state index is 0.0107. The van der Waals surface area contributed by atoms with Gasteiger partial charge in [-0.15, -0.1) is 0 Å². The number of hydrogen-bond donors (Lipinski definition) is 2. The molecule has 0 aliphatic heterocycles. The molecule has 1 atom stereocenters. The Morgan fingerprint density at radius 3 is 2.45 bits per heavy atom. The van der Waals surface area contributed by atoms with Crippen LogP contribution in [0.1, 0.15) is 36.0 Å². The van der Waals surface area contributed by atoms with E-state index in [1.54, 1.807) is 32.3 Å². The summed E-state index contributed by atoms with van der Waals surface area (Å²) in [7, 11) is 3.14. The molecule has 0 saturated carbocycles. The Balaban J connectivity index is 2.00. The molecule has 2 N–H and O–H groups in total. The third-order valence-corrected chi connectivity index (χ3v) is 6.01. The molecule has 0 aliphatic carbocycles. The fourth-order valence-corrected chi connectivity index (χ4v) is 4.14. The number of phenolic OH excluding ortho intramolecular Hbond substituents is 1. The van der Waals surface area contributed by atoms with Crippen LogP contribution in [-0.2, 0) is 0 Å². The number of rotatable bonds is 7. The maximum atomic E-state index is 12.4. The van der Waals surface area contributed by atoms with Crippen LogP contribution in [0, 0.1) is 5.92 Å². The van der Waals surface area contributed by atoms with E-state index < -0.39 is 16.9 Å². The number of furan rings is 1. The number of benzene rings is 1. The van der Waals surface area contributed by atoms with Crippen LogP contribution in [0.5, 0.6) is 5.75 Å². The monoisotopic (exact) mass is 557 g/mol. The normalized spacial score (nSPS) is 12.2. The van der Waals surface area contributed by atoms with E-state index in [1.807, 2.05) is 36.7 Å². The molecule has 1 heterocycles. The average Bonchev–Trinajstić information content (AvgIpc) is 3.14. The molecule has 31 heavy (non-hydrogen) atoms. The number of anilines is 3. The topological polar surface area (TPSA) is 103 Å². The van der Waals surface area contributed by atoms with E-state index in [2.05, 4.69) is 5.32 Å². The molecule has 2 aromatic carbocycles. The summed E-state index contributed by atoms with van der Waals surface area (Å²) in [4.78, 5) is 38.5. The second-order valence-electron chi connectivity index (χ2n) is 7.57. The predicted octanol–water partition coefficient (Wildman–Crippen LogP) is 4.23. The molecule has 8 nitrogen and oxygen atoms in total. The number of halogens is 2. The Kier molecular flexibility index (Phi) is 6.65. The van der Waals surface area contributed by atoms with E-state index >= 15 is 0 Å². The summed E-state index contributed by atoms with van der Waals surface area (Å²) in [6, 6.07) is 5.88. The van der Waals surface area contributed by atoms with Crippen molar-refractivity contribution < 1.29 is 14.3 Å². The summed E-state index contributed by atoms with van der Waals surface area (Å²) in [5.74, 6) is -0.133. The first-order valence-corrected chi connectivity index (χ1v) is 10.7. The number of carbonyl (C=O) groups is 1. The highest BCUT2D eigenvalue weighted by Gasteiger charge is 2.31. The van der Waals surface area contributed by atoms with Gasteiger partial charge in [-0.05, 0) is 18.1 Å². The van der Waals surface area contributed by atoms with Crippen LogP contribution in [0.2, 0.25) is 5.02 Å². The van der Waals surface area contributed by atoms with Crippen LogP contribution in [0.25, 0.3) is 0 Å². The van der Waals surface area contributed by atoms with Crippen molar-refractivity contribution >= 4 is 57.4 Å². The zero-order chi connectivity index (χ0) is 23.0. The van der Waals surface area contributed by atoms with Gasteiger partial charge in [0.05, 0.1) is 45.2 Å². The minimum Gasteiger partial charge on any atom is -0.505 e. The molecule has 0 bridgehead atoms. The predicted molar refractivity (Wildman–Crippen MR) is 129 cm³/mol. The zero-order valence-electron chi connectivity index (χ0n) is 17.3. The third kappa shape index (κ3) is 4.29. The van der Waals surface area contributed by atoms with Crippen molar-refractivity contribution in [3.8, 4) is 5.75 Å². The first kappa shape index (κ1) is 23.1. The molecule has 0 fully saturated rings. The van der Waals surface area contributed by atoms with Crippen LogP contribution in [-0.4, -0.2) is 30.0 Å². The van der Waals surface area contributed by atoms with Gasteiger partial charge in [-0.3, -0.25) is 17.5 Å². The van der Waals surface area contributed by atoms with Gasteiger partial charge >= 0.3 is 0 Å². The maximum absolute atomic E-state index is 12.4. The third-order valence-electron chi connectivity index (χ3n) is 4.81. The van der Waals surface area contributed by atoms with Gasteiger partial charge in [-0.2, -0.15) is 0 Å². The number of aromatic hydroxyl groups is 1.